The highest BCUT2D eigenvalue weighted by atomic mass is 19.1. The Balaban J connectivity index is 1.69. The fourth-order valence-corrected chi connectivity index (χ4v) is 2.62. The van der Waals surface area contributed by atoms with Gasteiger partial charge in [0, 0.05) is 45.7 Å². The summed E-state index contributed by atoms with van der Waals surface area (Å²) >= 11 is 0. The Labute approximate surface area is 132 Å². The standard InChI is InChI=1S/C17H26FN3O/c1-19(2)9-10-20-11-13-21(14-12-20)17(22)8-5-15-3-6-16(18)7-4-15/h3-4,6-7H,5,8-14H2,1-2H3. The molecule has 1 amide bonds. The Morgan fingerprint density at radius 1 is 1.14 bits per heavy atom. The fraction of sp³-hybridized carbons (Fsp3) is 0.588. The third-order valence-corrected chi connectivity index (χ3v) is 4.13. The summed E-state index contributed by atoms with van der Waals surface area (Å²) < 4.78 is 12.8. The van der Waals surface area contributed by atoms with Crippen LogP contribution < -0.4 is 0 Å². The van der Waals surface area contributed by atoms with Crippen LogP contribution in [0.3, 0.4) is 0 Å². The van der Waals surface area contributed by atoms with Crippen LogP contribution in [0.15, 0.2) is 24.3 Å². The first-order valence-electron chi connectivity index (χ1n) is 7.94. The molecule has 1 aromatic carbocycles. The number of amides is 1. The molecule has 2 rings (SSSR count). The lowest BCUT2D eigenvalue weighted by Crippen LogP contribution is -2.50. The quantitative estimate of drug-likeness (QED) is 0.796. The first-order valence-corrected chi connectivity index (χ1v) is 7.94. The van der Waals surface area contributed by atoms with Crippen molar-refractivity contribution in [2.24, 2.45) is 0 Å². The number of piperazine rings is 1. The molecule has 0 radical (unpaired) electrons. The van der Waals surface area contributed by atoms with Crippen LogP contribution in [0.2, 0.25) is 0 Å². The van der Waals surface area contributed by atoms with Crippen molar-refractivity contribution in [3.8, 4) is 0 Å². The maximum Gasteiger partial charge on any atom is 0.222 e. The summed E-state index contributed by atoms with van der Waals surface area (Å²) in [5, 5.41) is 0. The summed E-state index contributed by atoms with van der Waals surface area (Å²) in [7, 11) is 4.16. The molecule has 1 aromatic rings. The van der Waals surface area contributed by atoms with E-state index in [4.69, 9.17) is 0 Å². The SMILES string of the molecule is CN(C)CCN1CCN(C(=O)CCc2ccc(F)cc2)CC1. The Bertz CT molecular complexity index is 467. The van der Waals surface area contributed by atoms with Crippen LogP contribution >= 0.6 is 0 Å². The number of likely N-dealkylation sites (N-methyl/N-ethyl adjacent to an activating group) is 1. The van der Waals surface area contributed by atoms with E-state index in [1.165, 1.54) is 12.1 Å². The van der Waals surface area contributed by atoms with E-state index in [1.54, 1.807) is 12.1 Å². The minimum absolute atomic E-state index is 0.205. The third-order valence-electron chi connectivity index (χ3n) is 4.13. The zero-order valence-electron chi connectivity index (χ0n) is 13.6. The van der Waals surface area contributed by atoms with Gasteiger partial charge in [0.05, 0.1) is 0 Å². The van der Waals surface area contributed by atoms with Gasteiger partial charge in [-0.2, -0.15) is 0 Å². The molecule has 1 saturated heterocycles. The van der Waals surface area contributed by atoms with E-state index >= 15 is 0 Å². The molecule has 0 spiro atoms. The molecule has 1 aliphatic rings. The smallest absolute Gasteiger partial charge is 0.222 e. The van der Waals surface area contributed by atoms with Crippen LogP contribution in [-0.2, 0) is 11.2 Å². The number of aryl methyl sites for hydroxylation is 1. The average Bonchev–Trinajstić information content (AvgIpc) is 2.52. The highest BCUT2D eigenvalue weighted by Crippen LogP contribution is 2.09. The van der Waals surface area contributed by atoms with Crippen molar-refractivity contribution in [3.63, 3.8) is 0 Å². The molecule has 0 saturated carbocycles. The average molecular weight is 307 g/mol. The number of nitrogens with zero attached hydrogens (tertiary/aromatic N) is 3. The number of halogens is 1. The van der Waals surface area contributed by atoms with Crippen molar-refractivity contribution in [1.82, 2.24) is 14.7 Å². The second kappa shape index (κ2) is 8.25. The minimum atomic E-state index is -0.232. The molecule has 1 heterocycles. The van der Waals surface area contributed by atoms with E-state index in [9.17, 15) is 9.18 Å². The van der Waals surface area contributed by atoms with E-state index in [2.05, 4.69) is 23.9 Å². The van der Waals surface area contributed by atoms with E-state index in [1.807, 2.05) is 4.90 Å². The van der Waals surface area contributed by atoms with Gasteiger partial charge in [-0.15, -0.1) is 0 Å². The molecule has 4 nitrogen and oxygen atoms in total. The Kier molecular flexibility index (Phi) is 6.34. The summed E-state index contributed by atoms with van der Waals surface area (Å²) in [5.41, 5.74) is 1.01. The second-order valence-corrected chi connectivity index (χ2v) is 6.15. The second-order valence-electron chi connectivity index (χ2n) is 6.15. The molecular formula is C17H26FN3O. The summed E-state index contributed by atoms with van der Waals surface area (Å²) in [6.45, 7) is 5.65. The predicted octanol–water partition coefficient (Wildman–Crippen LogP) is 1.46. The summed E-state index contributed by atoms with van der Waals surface area (Å²) in [5.74, 6) is -0.0273. The van der Waals surface area contributed by atoms with Gasteiger partial charge in [0.15, 0.2) is 0 Å². The van der Waals surface area contributed by atoms with Crippen LogP contribution in [0, 0.1) is 5.82 Å². The summed E-state index contributed by atoms with van der Waals surface area (Å²) in [6.07, 6.45) is 1.18. The van der Waals surface area contributed by atoms with Gasteiger partial charge in [0.2, 0.25) is 5.91 Å². The number of hydrogen-bond acceptors (Lipinski definition) is 3. The lowest BCUT2D eigenvalue weighted by Gasteiger charge is -2.35. The van der Waals surface area contributed by atoms with E-state index in [0.717, 1.165) is 44.8 Å². The topological polar surface area (TPSA) is 26.8 Å². The van der Waals surface area contributed by atoms with Gasteiger partial charge in [-0.3, -0.25) is 9.69 Å². The monoisotopic (exact) mass is 307 g/mol. The minimum Gasteiger partial charge on any atom is -0.340 e. The maximum atomic E-state index is 12.8. The fourth-order valence-electron chi connectivity index (χ4n) is 2.62. The molecular weight excluding hydrogens is 281 g/mol. The molecule has 1 fully saturated rings. The normalized spacial score (nSPS) is 16.3. The van der Waals surface area contributed by atoms with Crippen LogP contribution in [0.4, 0.5) is 4.39 Å². The molecule has 122 valence electrons. The third kappa shape index (κ3) is 5.39. The number of benzene rings is 1. The highest BCUT2D eigenvalue weighted by Gasteiger charge is 2.20. The van der Waals surface area contributed by atoms with Crippen LogP contribution in [0.5, 0.6) is 0 Å². The van der Waals surface area contributed by atoms with Gasteiger partial charge in [-0.05, 0) is 38.2 Å². The molecule has 22 heavy (non-hydrogen) atoms. The predicted molar refractivity (Wildman–Crippen MR) is 86.3 cm³/mol. The lowest BCUT2D eigenvalue weighted by atomic mass is 10.1. The molecule has 0 unspecified atom stereocenters. The van der Waals surface area contributed by atoms with Crippen LogP contribution in [-0.4, -0.2) is 74.0 Å². The van der Waals surface area contributed by atoms with Gasteiger partial charge in [-0.25, -0.2) is 4.39 Å². The first kappa shape index (κ1) is 16.9. The number of carbonyl (C=O) groups excluding carboxylic acids is 1. The van der Waals surface area contributed by atoms with Gasteiger partial charge in [0.25, 0.3) is 0 Å². The van der Waals surface area contributed by atoms with Crippen molar-refractivity contribution in [3.05, 3.63) is 35.6 Å². The van der Waals surface area contributed by atoms with Crippen LogP contribution in [0.25, 0.3) is 0 Å². The molecule has 5 heteroatoms. The van der Waals surface area contributed by atoms with E-state index < -0.39 is 0 Å². The van der Waals surface area contributed by atoms with Crippen molar-refractivity contribution in [1.29, 1.82) is 0 Å². The molecule has 0 atom stereocenters. The van der Waals surface area contributed by atoms with E-state index in [0.29, 0.717) is 12.8 Å². The van der Waals surface area contributed by atoms with Gasteiger partial charge in [0.1, 0.15) is 5.82 Å². The van der Waals surface area contributed by atoms with Crippen molar-refractivity contribution < 1.29 is 9.18 Å². The van der Waals surface area contributed by atoms with Crippen molar-refractivity contribution >= 4 is 5.91 Å². The molecule has 0 aromatic heterocycles. The van der Waals surface area contributed by atoms with Crippen LogP contribution in [0.1, 0.15) is 12.0 Å². The molecule has 0 bridgehead atoms. The molecule has 0 N–H and O–H groups in total. The van der Waals surface area contributed by atoms with Gasteiger partial charge >= 0.3 is 0 Å². The Morgan fingerprint density at radius 2 is 1.77 bits per heavy atom. The lowest BCUT2D eigenvalue weighted by molar-refractivity contribution is -0.132. The number of carbonyl (C=O) groups is 1. The number of hydrogen-bond donors (Lipinski definition) is 0. The van der Waals surface area contributed by atoms with E-state index in [-0.39, 0.29) is 11.7 Å². The van der Waals surface area contributed by atoms with Gasteiger partial charge in [-0.1, -0.05) is 12.1 Å². The Hall–Kier alpha value is -1.46. The summed E-state index contributed by atoms with van der Waals surface area (Å²) in [4.78, 5) is 18.8. The summed E-state index contributed by atoms with van der Waals surface area (Å²) in [6, 6.07) is 6.40. The zero-order valence-corrected chi connectivity index (χ0v) is 13.6. The zero-order chi connectivity index (χ0) is 15.9. The largest absolute Gasteiger partial charge is 0.340 e. The Morgan fingerprint density at radius 3 is 2.36 bits per heavy atom. The van der Waals surface area contributed by atoms with Crippen molar-refractivity contribution in [2.75, 3.05) is 53.4 Å². The highest BCUT2D eigenvalue weighted by molar-refractivity contribution is 5.76. The maximum absolute atomic E-state index is 12.8. The van der Waals surface area contributed by atoms with Crippen molar-refractivity contribution in [2.45, 2.75) is 12.8 Å². The number of rotatable bonds is 6. The first-order chi connectivity index (χ1) is 10.5. The molecule has 0 aliphatic carbocycles. The molecule has 1 aliphatic heterocycles. The van der Waals surface area contributed by atoms with Gasteiger partial charge < -0.3 is 9.80 Å².